The van der Waals surface area contributed by atoms with Gasteiger partial charge in [-0.05, 0) is 6.03 Å². The molecule has 0 atom stereocenters. The Morgan fingerprint density at radius 3 is 1.60 bits per heavy atom. The van der Waals surface area contributed by atoms with Crippen LogP contribution >= 0.6 is 0 Å². The number of hydrogen-bond donors (Lipinski definition) is 0. The third kappa shape index (κ3) is 8.64. The van der Waals surface area contributed by atoms with Crippen LogP contribution < -0.4 is 0 Å². The maximum absolute atomic E-state index is 10.1. The fourth-order valence-corrected chi connectivity index (χ4v) is 0.316. The van der Waals surface area contributed by atoms with E-state index >= 15 is 0 Å². The topological polar surface area (TPSA) is 59.4 Å². The van der Waals surface area contributed by atoms with Crippen molar-refractivity contribution >= 4 is 6.03 Å². The summed E-state index contributed by atoms with van der Waals surface area (Å²) in [6, 6.07) is -0.380. The van der Waals surface area contributed by atoms with Crippen molar-refractivity contribution in [3.63, 3.8) is 0 Å². The van der Waals surface area contributed by atoms with Gasteiger partial charge in [-0.2, -0.15) is 0 Å². The molecule has 1 heterocycles. The van der Waals surface area contributed by atoms with Crippen molar-refractivity contribution in [1.82, 2.24) is 0 Å². The van der Waals surface area contributed by atoms with Crippen LogP contribution in [0, 0.1) is 0 Å². The van der Waals surface area contributed by atoms with Crippen LogP contribution in [0.3, 0.4) is 0 Å². The van der Waals surface area contributed by atoms with Crippen LogP contribution in [0.2, 0.25) is 0 Å². The second-order valence-electron chi connectivity index (χ2n) is 1.11. The molecule has 0 aliphatic carbocycles. The fraction of sp³-hybridized carbons (Fsp3) is 0.667. The van der Waals surface area contributed by atoms with E-state index in [1.807, 2.05) is 0 Å². The van der Waals surface area contributed by atoms with Gasteiger partial charge in [0.1, 0.15) is 0 Å². The third-order valence-corrected chi connectivity index (χ3v) is 0.612. The second kappa shape index (κ2) is 11.5. The van der Waals surface area contributed by atoms with E-state index in [1.165, 1.54) is 0 Å². The molecule has 1 saturated heterocycles. The molecule has 10 heavy (non-hydrogen) atoms. The Balaban J connectivity index is -0.000000163. The van der Waals surface area contributed by atoms with Crippen LogP contribution in [0.4, 0.5) is 4.79 Å². The van der Waals surface area contributed by atoms with Crippen LogP contribution in [0.5, 0.6) is 0 Å². The number of nitrogens with zero attached hydrogens (tertiary/aromatic N) is 3. The molecule has 0 N–H and O–H groups in total. The van der Waals surface area contributed by atoms with Gasteiger partial charge >= 0.3 is 0 Å². The summed E-state index contributed by atoms with van der Waals surface area (Å²) in [6.45, 7) is 0.588. The minimum atomic E-state index is -0.380. The molecule has 1 rings (SSSR count). The van der Waals surface area contributed by atoms with Crippen LogP contribution in [0.25, 0.3) is 16.0 Å². The summed E-state index contributed by atoms with van der Waals surface area (Å²) in [5.74, 6) is 0. The molecule has 0 unspecified atom stereocenters. The predicted octanol–water partition coefficient (Wildman–Crippen LogP) is 1.15. The summed E-state index contributed by atoms with van der Waals surface area (Å²) >= 11 is 0. The molecule has 3 radical (unpaired) electrons. The SMILES string of the molecule is O=C1[N-]C[N-]C[N-]1.[Y].[Y].[Y]. The van der Waals surface area contributed by atoms with Gasteiger partial charge in [0.05, 0.1) is 0 Å². The molecule has 0 bridgehead atoms. The molecular formula is C3H4N3OY3-3. The summed E-state index contributed by atoms with van der Waals surface area (Å²) in [7, 11) is 0. The summed E-state index contributed by atoms with van der Waals surface area (Å²) < 4.78 is 0. The molecule has 4 nitrogen and oxygen atoms in total. The van der Waals surface area contributed by atoms with Crippen LogP contribution in [-0.4, -0.2) is 19.4 Å². The van der Waals surface area contributed by atoms with Crippen molar-refractivity contribution in [1.29, 1.82) is 0 Å². The second-order valence-corrected chi connectivity index (χ2v) is 1.11. The van der Waals surface area contributed by atoms with E-state index in [0.29, 0.717) is 13.3 Å². The van der Waals surface area contributed by atoms with Gasteiger partial charge in [-0.3, -0.25) is 0 Å². The molecular weight excluding hydrogens is 361 g/mol. The average Bonchev–Trinajstić information content (AvgIpc) is 1.69. The van der Waals surface area contributed by atoms with Gasteiger partial charge in [-0.1, -0.05) is 0 Å². The number of hydrogen-bond acceptors (Lipinski definition) is 1. The minimum Gasteiger partial charge on any atom is -0.694 e. The number of urea groups is 1. The van der Waals surface area contributed by atoms with Crippen LogP contribution in [-0.2, 0) is 98.1 Å². The Kier molecular flexibility index (Phi) is 21.2. The fourth-order valence-electron chi connectivity index (χ4n) is 0.316. The summed E-state index contributed by atoms with van der Waals surface area (Å²) in [5, 5.41) is 10.4. The Hall–Kier alpha value is 2.54. The predicted molar refractivity (Wildman–Crippen MR) is 25.2 cm³/mol. The molecule has 0 aromatic heterocycles. The Morgan fingerprint density at radius 1 is 1.00 bits per heavy atom. The first-order chi connectivity index (χ1) is 3.39. The summed E-state index contributed by atoms with van der Waals surface area (Å²) in [6.07, 6.45) is 0. The molecule has 0 spiro atoms. The van der Waals surface area contributed by atoms with E-state index < -0.39 is 0 Å². The van der Waals surface area contributed by atoms with E-state index in [2.05, 4.69) is 16.0 Å². The van der Waals surface area contributed by atoms with Crippen molar-refractivity contribution in [3.05, 3.63) is 16.0 Å². The van der Waals surface area contributed by atoms with Crippen molar-refractivity contribution in [2.75, 3.05) is 13.3 Å². The number of rotatable bonds is 0. The van der Waals surface area contributed by atoms with E-state index in [1.54, 1.807) is 0 Å². The molecule has 0 aromatic carbocycles. The number of amides is 2. The van der Waals surface area contributed by atoms with Crippen LogP contribution in [0.1, 0.15) is 0 Å². The minimum absolute atomic E-state index is 0. The largest absolute Gasteiger partial charge is 0.694 e. The first-order valence-electron chi connectivity index (χ1n) is 1.92. The standard InChI is InChI=1S/C3H5N3O.3Y/c7-3-5-1-4-2-6-3;;;/h1-2H2,(H-,5,6,7);;;/q-2;;;/p-1. The maximum atomic E-state index is 10.1. The van der Waals surface area contributed by atoms with Gasteiger partial charge in [0.2, 0.25) is 0 Å². The first kappa shape index (κ1) is 18.4. The van der Waals surface area contributed by atoms with Gasteiger partial charge in [-0.15, -0.1) is 0 Å². The van der Waals surface area contributed by atoms with Crippen LogP contribution in [0.15, 0.2) is 0 Å². The molecule has 49 valence electrons. The van der Waals surface area contributed by atoms with Gasteiger partial charge in [0.15, 0.2) is 0 Å². The van der Waals surface area contributed by atoms with Crippen molar-refractivity contribution in [2.24, 2.45) is 0 Å². The Labute approximate surface area is 135 Å². The van der Waals surface area contributed by atoms with Crippen molar-refractivity contribution < 1.29 is 103 Å². The van der Waals surface area contributed by atoms with E-state index in [-0.39, 0.29) is 104 Å². The van der Waals surface area contributed by atoms with E-state index in [0.717, 1.165) is 0 Å². The van der Waals surface area contributed by atoms with E-state index in [4.69, 9.17) is 0 Å². The van der Waals surface area contributed by atoms with Gasteiger partial charge < -0.3 is 20.7 Å². The average molecular weight is 365 g/mol. The first-order valence-corrected chi connectivity index (χ1v) is 1.92. The zero-order valence-corrected chi connectivity index (χ0v) is 13.9. The van der Waals surface area contributed by atoms with E-state index in [9.17, 15) is 4.79 Å². The van der Waals surface area contributed by atoms with Gasteiger partial charge in [0, 0.05) is 98.1 Å². The smallest absolute Gasteiger partial charge is 0 e. The number of carbonyl (C=O) groups is 1. The molecule has 7 heteroatoms. The molecule has 0 saturated carbocycles. The molecule has 1 aliphatic rings. The van der Waals surface area contributed by atoms with Crippen molar-refractivity contribution in [2.45, 2.75) is 0 Å². The molecule has 0 aromatic rings. The molecule has 2 amide bonds. The quantitative estimate of drug-likeness (QED) is 0.636. The van der Waals surface area contributed by atoms with Crippen molar-refractivity contribution in [3.8, 4) is 0 Å². The normalized spacial score (nSPS) is 14.2. The van der Waals surface area contributed by atoms with Gasteiger partial charge in [0.25, 0.3) is 0 Å². The molecule has 1 fully saturated rings. The van der Waals surface area contributed by atoms with Gasteiger partial charge in [-0.25, -0.2) is 13.3 Å². The zero-order chi connectivity index (χ0) is 5.11. The zero-order valence-electron chi connectivity index (χ0n) is 5.40. The Morgan fingerprint density at radius 2 is 1.40 bits per heavy atom. The monoisotopic (exact) mass is 365 g/mol. The summed E-state index contributed by atoms with van der Waals surface area (Å²) in [5.41, 5.74) is 0. The molecule has 1 aliphatic heterocycles. The maximum Gasteiger partial charge on any atom is 0 e. The Bertz CT molecular complexity index is 83.1. The number of carbonyl (C=O) groups excluding carboxylic acids is 1. The summed E-state index contributed by atoms with van der Waals surface area (Å²) in [4.78, 5) is 10.1. The third-order valence-electron chi connectivity index (χ3n) is 0.612.